The Kier molecular flexibility index (Phi) is 3.86. The van der Waals surface area contributed by atoms with E-state index in [0.29, 0.717) is 32.1 Å². The zero-order valence-corrected chi connectivity index (χ0v) is 15.8. The molecule has 0 aromatic carbocycles. The predicted octanol–water partition coefficient (Wildman–Crippen LogP) is 2.76. The molecule has 0 bridgehead atoms. The summed E-state index contributed by atoms with van der Waals surface area (Å²) in [5, 5.41) is 21.6. The maximum atomic E-state index is 16.8. The maximum absolute atomic E-state index is 16.8. The summed E-state index contributed by atoms with van der Waals surface area (Å²) < 4.78 is 16.8. The summed E-state index contributed by atoms with van der Waals surface area (Å²) in [6, 6.07) is 0. The van der Waals surface area contributed by atoms with Gasteiger partial charge in [-0.25, -0.2) is 4.39 Å². The van der Waals surface area contributed by atoms with Crippen molar-refractivity contribution >= 4 is 11.6 Å². The molecule has 0 aromatic rings. The fraction of sp³-hybridized carbons (Fsp3) is 0.810. The molecule has 8 atom stereocenters. The SMILES string of the molecule is CC(=O)[C@H]1[C@@H](O)C[C@H]2[C@@H]3CCC4=CC(=O)CC[C@]4(C)[C@@]3(F)[C@H](O)C[C@@]21C. The average molecular weight is 364 g/mol. The first-order valence-corrected chi connectivity index (χ1v) is 9.85. The predicted molar refractivity (Wildman–Crippen MR) is 94.0 cm³/mol. The quantitative estimate of drug-likeness (QED) is 0.750. The molecule has 0 saturated heterocycles. The molecule has 4 aliphatic carbocycles. The largest absolute Gasteiger partial charge is 0.392 e. The number of Topliss-reactive ketones (excluding diaryl/α,β-unsaturated/α-hetero) is 1. The maximum Gasteiger partial charge on any atom is 0.155 e. The third-order valence-corrected chi connectivity index (χ3v) is 8.50. The first kappa shape index (κ1) is 18.3. The molecule has 0 unspecified atom stereocenters. The molecule has 5 heteroatoms. The number of carbonyl (C=O) groups excluding carboxylic acids is 2. The standard InChI is InChI=1S/C21H29FO4/c1-11(23)18-16(25)9-15-14-5-4-12-8-13(24)6-7-20(12,3)21(14,22)17(26)10-19(15,18)2/h8,14-18,25-26H,4-7,9-10H2,1-3H3/t14-,15-,16-,17+,18-,19-,20-,21-/m0/s1. The third kappa shape index (κ3) is 2.02. The highest BCUT2D eigenvalue weighted by molar-refractivity contribution is 5.91. The highest BCUT2D eigenvalue weighted by Gasteiger charge is 2.72. The van der Waals surface area contributed by atoms with Crippen molar-refractivity contribution in [2.45, 2.75) is 77.2 Å². The van der Waals surface area contributed by atoms with Gasteiger partial charge in [0.25, 0.3) is 0 Å². The van der Waals surface area contributed by atoms with Gasteiger partial charge in [0.2, 0.25) is 0 Å². The minimum Gasteiger partial charge on any atom is -0.392 e. The summed E-state index contributed by atoms with van der Waals surface area (Å²) in [5.74, 6) is -1.10. The molecule has 3 saturated carbocycles. The molecule has 0 heterocycles. The van der Waals surface area contributed by atoms with Gasteiger partial charge in [0, 0.05) is 23.7 Å². The monoisotopic (exact) mass is 364 g/mol. The normalized spacial score (nSPS) is 53.4. The Morgan fingerprint density at radius 3 is 2.58 bits per heavy atom. The fourth-order valence-electron chi connectivity index (χ4n) is 7.32. The van der Waals surface area contributed by atoms with Crippen molar-refractivity contribution in [3.63, 3.8) is 0 Å². The molecule has 0 aliphatic heterocycles. The fourth-order valence-corrected chi connectivity index (χ4v) is 7.32. The van der Waals surface area contributed by atoms with E-state index in [9.17, 15) is 19.8 Å². The second kappa shape index (κ2) is 5.48. The number of aliphatic hydroxyl groups is 2. The smallest absolute Gasteiger partial charge is 0.155 e. The number of allylic oxidation sites excluding steroid dienone is 1. The summed E-state index contributed by atoms with van der Waals surface area (Å²) >= 11 is 0. The van der Waals surface area contributed by atoms with E-state index in [4.69, 9.17) is 0 Å². The molecule has 4 aliphatic rings. The van der Waals surface area contributed by atoms with E-state index in [1.54, 1.807) is 6.08 Å². The van der Waals surface area contributed by atoms with E-state index in [-0.39, 0.29) is 23.9 Å². The van der Waals surface area contributed by atoms with Gasteiger partial charge in [0.05, 0.1) is 12.2 Å². The minimum absolute atomic E-state index is 0.0441. The van der Waals surface area contributed by atoms with E-state index in [1.807, 2.05) is 13.8 Å². The first-order valence-electron chi connectivity index (χ1n) is 9.85. The highest BCUT2D eigenvalue weighted by atomic mass is 19.1. The number of carbonyl (C=O) groups is 2. The van der Waals surface area contributed by atoms with Crippen LogP contribution in [0.2, 0.25) is 0 Å². The van der Waals surface area contributed by atoms with Crippen molar-refractivity contribution in [3.05, 3.63) is 11.6 Å². The second-order valence-corrected chi connectivity index (χ2v) is 9.60. The molecule has 0 spiro atoms. The number of hydrogen-bond donors (Lipinski definition) is 2. The van der Waals surface area contributed by atoms with Crippen LogP contribution in [0.5, 0.6) is 0 Å². The summed E-state index contributed by atoms with van der Waals surface area (Å²) in [7, 11) is 0. The molecule has 0 aromatic heterocycles. The lowest BCUT2D eigenvalue weighted by Crippen LogP contribution is -2.67. The summed E-state index contributed by atoms with van der Waals surface area (Å²) in [5.41, 5.74) is -2.40. The Labute approximate surface area is 153 Å². The van der Waals surface area contributed by atoms with Crippen molar-refractivity contribution in [2.75, 3.05) is 0 Å². The van der Waals surface area contributed by atoms with Crippen molar-refractivity contribution in [1.82, 2.24) is 0 Å². The van der Waals surface area contributed by atoms with Crippen LogP contribution in [-0.2, 0) is 9.59 Å². The van der Waals surface area contributed by atoms with Crippen LogP contribution in [0.15, 0.2) is 11.6 Å². The van der Waals surface area contributed by atoms with Gasteiger partial charge in [-0.2, -0.15) is 0 Å². The van der Waals surface area contributed by atoms with Crippen LogP contribution in [0, 0.1) is 28.6 Å². The zero-order valence-electron chi connectivity index (χ0n) is 15.8. The molecule has 3 fully saturated rings. The van der Waals surface area contributed by atoms with E-state index in [1.165, 1.54) is 6.92 Å². The van der Waals surface area contributed by atoms with Crippen LogP contribution in [0.4, 0.5) is 4.39 Å². The molecule has 0 amide bonds. The lowest BCUT2D eigenvalue weighted by molar-refractivity contribution is -0.208. The van der Waals surface area contributed by atoms with Crippen molar-refractivity contribution < 1.29 is 24.2 Å². The summed E-state index contributed by atoms with van der Waals surface area (Å²) in [6.07, 6.45) is 2.18. The third-order valence-electron chi connectivity index (χ3n) is 8.50. The van der Waals surface area contributed by atoms with E-state index < -0.39 is 40.5 Å². The van der Waals surface area contributed by atoms with Crippen molar-refractivity contribution in [3.8, 4) is 0 Å². The van der Waals surface area contributed by atoms with Gasteiger partial charge in [-0.15, -0.1) is 0 Å². The number of alkyl halides is 1. The van der Waals surface area contributed by atoms with Gasteiger partial charge in [-0.3, -0.25) is 9.59 Å². The summed E-state index contributed by atoms with van der Waals surface area (Å²) in [4.78, 5) is 24.1. The van der Waals surface area contributed by atoms with E-state index >= 15 is 4.39 Å². The van der Waals surface area contributed by atoms with Crippen LogP contribution in [0.1, 0.15) is 59.3 Å². The molecule has 0 radical (unpaired) electrons. The van der Waals surface area contributed by atoms with Crippen molar-refractivity contribution in [2.24, 2.45) is 28.6 Å². The Bertz CT molecular complexity index is 702. The van der Waals surface area contributed by atoms with Gasteiger partial charge >= 0.3 is 0 Å². The number of halogens is 1. The number of fused-ring (bicyclic) bond motifs is 5. The van der Waals surface area contributed by atoms with Crippen LogP contribution in [0.25, 0.3) is 0 Å². The first-order chi connectivity index (χ1) is 12.1. The van der Waals surface area contributed by atoms with Gasteiger partial charge < -0.3 is 10.2 Å². The highest BCUT2D eigenvalue weighted by Crippen LogP contribution is 2.69. The lowest BCUT2D eigenvalue weighted by Gasteiger charge is -2.62. The minimum atomic E-state index is -1.81. The molecule has 144 valence electrons. The number of hydrogen-bond acceptors (Lipinski definition) is 4. The average Bonchev–Trinajstić information content (AvgIpc) is 2.80. The number of rotatable bonds is 1. The van der Waals surface area contributed by atoms with Crippen LogP contribution >= 0.6 is 0 Å². The molecular weight excluding hydrogens is 335 g/mol. The van der Waals surface area contributed by atoms with Crippen molar-refractivity contribution in [1.29, 1.82) is 0 Å². The Morgan fingerprint density at radius 2 is 1.92 bits per heavy atom. The van der Waals surface area contributed by atoms with E-state index in [2.05, 4.69) is 0 Å². The molecule has 4 rings (SSSR count). The lowest BCUT2D eigenvalue weighted by atomic mass is 9.44. The van der Waals surface area contributed by atoms with Gasteiger partial charge in [-0.05, 0) is 56.4 Å². The van der Waals surface area contributed by atoms with Crippen LogP contribution in [-0.4, -0.2) is 39.7 Å². The second-order valence-electron chi connectivity index (χ2n) is 9.60. The zero-order chi connectivity index (χ0) is 19.1. The Morgan fingerprint density at radius 1 is 1.23 bits per heavy atom. The number of ketones is 2. The van der Waals surface area contributed by atoms with Gasteiger partial charge in [-0.1, -0.05) is 19.4 Å². The van der Waals surface area contributed by atoms with Gasteiger partial charge in [0.1, 0.15) is 11.5 Å². The van der Waals surface area contributed by atoms with Gasteiger partial charge in [0.15, 0.2) is 5.78 Å². The molecule has 4 nitrogen and oxygen atoms in total. The van der Waals surface area contributed by atoms with E-state index in [0.717, 1.165) is 5.57 Å². The number of aliphatic hydroxyl groups excluding tert-OH is 2. The Balaban J connectivity index is 1.81. The Hall–Kier alpha value is -1.07. The molecule has 2 N–H and O–H groups in total. The molecular formula is C21H29FO4. The summed E-state index contributed by atoms with van der Waals surface area (Å²) in [6.45, 7) is 5.29. The molecule has 26 heavy (non-hydrogen) atoms. The topological polar surface area (TPSA) is 74.6 Å². The van der Waals surface area contributed by atoms with Crippen LogP contribution < -0.4 is 0 Å². The van der Waals surface area contributed by atoms with Crippen LogP contribution in [0.3, 0.4) is 0 Å².